The van der Waals surface area contributed by atoms with Crippen LogP contribution in [0, 0.1) is 5.92 Å². The van der Waals surface area contributed by atoms with Gasteiger partial charge in [-0.2, -0.15) is 0 Å². The monoisotopic (exact) mass is 478 g/mol. The summed E-state index contributed by atoms with van der Waals surface area (Å²) < 4.78 is 16.2. The quantitative estimate of drug-likeness (QED) is 0.539. The van der Waals surface area contributed by atoms with Crippen molar-refractivity contribution in [2.45, 2.75) is 65.2 Å². The summed E-state index contributed by atoms with van der Waals surface area (Å²) in [6.45, 7) is 12.0. The third kappa shape index (κ3) is 8.52. The van der Waals surface area contributed by atoms with E-state index in [4.69, 9.17) is 14.2 Å². The van der Waals surface area contributed by atoms with E-state index in [1.165, 1.54) is 11.9 Å². The minimum absolute atomic E-state index is 0.0228. The summed E-state index contributed by atoms with van der Waals surface area (Å²) in [5.74, 6) is -1.94. The molecule has 9 heteroatoms. The van der Waals surface area contributed by atoms with E-state index in [9.17, 15) is 19.5 Å². The first kappa shape index (κ1) is 27.4. The Kier molecular flexibility index (Phi) is 9.73. The number of rotatable bonds is 9. The molecule has 0 aliphatic carbocycles. The van der Waals surface area contributed by atoms with Crippen LogP contribution in [0.2, 0.25) is 0 Å². The normalized spacial score (nSPS) is 16.0. The minimum Gasteiger partial charge on any atom is -0.478 e. The largest absolute Gasteiger partial charge is 0.478 e. The molecule has 1 aromatic carbocycles. The third-order valence-corrected chi connectivity index (χ3v) is 5.38. The summed E-state index contributed by atoms with van der Waals surface area (Å²) in [5.41, 5.74) is 1.04. The Bertz CT molecular complexity index is 827. The molecule has 1 amide bonds. The maximum atomic E-state index is 13.0. The van der Waals surface area contributed by atoms with Crippen LogP contribution < -0.4 is 4.90 Å². The molecule has 1 N–H and O–H groups in total. The molecule has 0 spiro atoms. The molecule has 1 aliphatic heterocycles. The number of morpholine rings is 1. The fourth-order valence-electron chi connectivity index (χ4n) is 3.60. The summed E-state index contributed by atoms with van der Waals surface area (Å²) in [5, 5.41) is 9.70. The number of hydrogen-bond acceptors (Lipinski definition) is 7. The van der Waals surface area contributed by atoms with Crippen molar-refractivity contribution in [3.8, 4) is 0 Å². The lowest BCUT2D eigenvalue weighted by Crippen LogP contribution is -2.47. The van der Waals surface area contributed by atoms with Gasteiger partial charge < -0.3 is 24.2 Å². The zero-order chi connectivity index (χ0) is 25.5. The number of aliphatic carboxylic acids is 1. The Morgan fingerprint density at radius 3 is 2.21 bits per heavy atom. The van der Waals surface area contributed by atoms with Gasteiger partial charge in [-0.15, -0.1) is 0 Å². The van der Waals surface area contributed by atoms with Crippen molar-refractivity contribution in [1.29, 1.82) is 0 Å². The molecule has 0 bridgehead atoms. The number of carboxylic acids is 1. The van der Waals surface area contributed by atoms with Gasteiger partial charge in [0.15, 0.2) is 0 Å². The molecule has 1 aliphatic rings. The van der Waals surface area contributed by atoms with Crippen LogP contribution in [0.4, 0.5) is 10.5 Å². The molecule has 0 aromatic heterocycles. The topological polar surface area (TPSA) is 106 Å². The second kappa shape index (κ2) is 12.1. The highest BCUT2D eigenvalue weighted by atomic mass is 16.6. The van der Waals surface area contributed by atoms with Crippen molar-refractivity contribution in [3.63, 3.8) is 0 Å². The number of carboxylic acid groups (broad SMARTS) is 1. The van der Waals surface area contributed by atoms with E-state index >= 15 is 0 Å². The van der Waals surface area contributed by atoms with Gasteiger partial charge in [-0.3, -0.25) is 4.90 Å². The molecule has 1 saturated heterocycles. The molecular weight excluding hydrogens is 440 g/mol. The molecule has 2 unspecified atom stereocenters. The lowest BCUT2D eigenvalue weighted by molar-refractivity contribution is -0.167. The lowest BCUT2D eigenvalue weighted by atomic mass is 10.0. The predicted octanol–water partition coefficient (Wildman–Crippen LogP) is 3.34. The predicted molar refractivity (Wildman–Crippen MR) is 128 cm³/mol. The minimum atomic E-state index is -1.37. The number of hydrogen-bond donors (Lipinski definition) is 1. The molecule has 0 radical (unpaired) electrons. The van der Waals surface area contributed by atoms with Crippen molar-refractivity contribution >= 4 is 23.7 Å². The van der Waals surface area contributed by atoms with E-state index < -0.39 is 35.8 Å². The van der Waals surface area contributed by atoms with E-state index in [1.54, 1.807) is 20.8 Å². The van der Waals surface area contributed by atoms with Crippen molar-refractivity contribution < 1.29 is 33.7 Å². The van der Waals surface area contributed by atoms with Crippen molar-refractivity contribution in [3.05, 3.63) is 29.8 Å². The van der Waals surface area contributed by atoms with Crippen molar-refractivity contribution in [1.82, 2.24) is 4.90 Å². The Hall–Kier alpha value is -2.81. The number of amides is 1. The molecule has 0 saturated carbocycles. The van der Waals surface area contributed by atoms with Gasteiger partial charge in [-0.25, -0.2) is 14.4 Å². The molecule has 2 rings (SSSR count). The van der Waals surface area contributed by atoms with Crippen molar-refractivity contribution in [2.24, 2.45) is 5.92 Å². The molecular formula is C25H38N2O7. The molecule has 2 atom stereocenters. The number of likely N-dealkylation sites (N-methyl/N-ethyl adjacent to an activating group) is 1. The summed E-state index contributed by atoms with van der Waals surface area (Å²) >= 11 is 0. The molecule has 190 valence electrons. The zero-order valence-corrected chi connectivity index (χ0v) is 21.1. The second-order valence-electron chi connectivity index (χ2n) is 9.97. The Morgan fingerprint density at radius 1 is 1.12 bits per heavy atom. The summed E-state index contributed by atoms with van der Waals surface area (Å²) in [7, 11) is 1.46. The maximum Gasteiger partial charge on any atom is 0.410 e. The number of carbonyl (C=O) groups is 3. The lowest BCUT2D eigenvalue weighted by Gasteiger charge is -2.31. The smallest absolute Gasteiger partial charge is 0.410 e. The number of esters is 1. The van der Waals surface area contributed by atoms with E-state index in [1.807, 2.05) is 38.1 Å². The van der Waals surface area contributed by atoms with E-state index in [2.05, 4.69) is 4.90 Å². The summed E-state index contributed by atoms with van der Waals surface area (Å²) in [6, 6.07) is 6.58. The number of benzene rings is 1. The van der Waals surface area contributed by atoms with Crippen LogP contribution in [0.3, 0.4) is 0 Å². The SMILES string of the molecule is CC(C)CC(C(=O)OC(Cc1ccc(N2CCOCC2)cc1)C(=O)O)N(C)C(=O)OC(C)(C)C. The van der Waals surface area contributed by atoms with Gasteiger partial charge in [0.1, 0.15) is 11.6 Å². The zero-order valence-electron chi connectivity index (χ0n) is 21.1. The molecule has 1 heterocycles. The Morgan fingerprint density at radius 2 is 1.71 bits per heavy atom. The number of anilines is 1. The molecule has 1 fully saturated rings. The van der Waals surface area contributed by atoms with E-state index in [0.29, 0.717) is 19.6 Å². The van der Waals surface area contributed by atoms with Crippen LogP contribution in [0.15, 0.2) is 24.3 Å². The Balaban J connectivity index is 2.09. The van der Waals surface area contributed by atoms with Gasteiger partial charge in [-0.05, 0) is 50.8 Å². The van der Waals surface area contributed by atoms with E-state index in [0.717, 1.165) is 24.3 Å². The maximum absolute atomic E-state index is 13.0. The van der Waals surface area contributed by atoms with Crippen LogP contribution in [0.1, 0.15) is 46.6 Å². The van der Waals surface area contributed by atoms with Crippen LogP contribution in [-0.2, 0) is 30.2 Å². The van der Waals surface area contributed by atoms with Gasteiger partial charge in [-0.1, -0.05) is 26.0 Å². The van der Waals surface area contributed by atoms with Crippen molar-refractivity contribution in [2.75, 3.05) is 38.3 Å². The van der Waals surface area contributed by atoms with Crippen LogP contribution in [-0.4, -0.2) is 79.1 Å². The second-order valence-corrected chi connectivity index (χ2v) is 9.97. The summed E-state index contributed by atoms with van der Waals surface area (Å²) in [4.78, 5) is 40.8. The standard InChI is InChI=1S/C25H38N2O7/c1-17(2)15-20(26(6)24(31)34-25(3,4)5)23(30)33-21(22(28)29)16-18-7-9-19(10-8-18)27-11-13-32-14-12-27/h7-10,17,20-21H,11-16H2,1-6H3,(H,28,29). The molecule has 1 aromatic rings. The first-order chi connectivity index (χ1) is 15.9. The first-order valence-corrected chi connectivity index (χ1v) is 11.7. The average molecular weight is 479 g/mol. The number of nitrogens with zero attached hydrogens (tertiary/aromatic N) is 2. The van der Waals surface area contributed by atoms with Crippen LogP contribution >= 0.6 is 0 Å². The first-order valence-electron chi connectivity index (χ1n) is 11.7. The highest BCUT2D eigenvalue weighted by Gasteiger charge is 2.34. The van der Waals surface area contributed by atoms with Gasteiger partial charge in [0.2, 0.25) is 6.10 Å². The number of ether oxygens (including phenoxy) is 3. The van der Waals surface area contributed by atoms with E-state index in [-0.39, 0.29) is 12.3 Å². The third-order valence-electron chi connectivity index (χ3n) is 5.38. The molecule has 34 heavy (non-hydrogen) atoms. The van der Waals surface area contributed by atoms with Gasteiger partial charge in [0.25, 0.3) is 0 Å². The van der Waals surface area contributed by atoms with Crippen LogP contribution in [0.5, 0.6) is 0 Å². The molecule has 9 nitrogen and oxygen atoms in total. The number of carbonyl (C=O) groups excluding carboxylic acids is 2. The average Bonchev–Trinajstić information content (AvgIpc) is 2.76. The fraction of sp³-hybridized carbons (Fsp3) is 0.640. The highest BCUT2D eigenvalue weighted by molar-refractivity contribution is 5.84. The van der Waals surface area contributed by atoms with Gasteiger partial charge in [0, 0.05) is 32.2 Å². The summed E-state index contributed by atoms with van der Waals surface area (Å²) in [6.07, 6.45) is -1.70. The fourth-order valence-corrected chi connectivity index (χ4v) is 3.60. The Labute approximate surface area is 201 Å². The van der Waals surface area contributed by atoms with Gasteiger partial charge in [0.05, 0.1) is 13.2 Å². The van der Waals surface area contributed by atoms with Crippen LogP contribution in [0.25, 0.3) is 0 Å². The highest BCUT2D eigenvalue weighted by Crippen LogP contribution is 2.20. The van der Waals surface area contributed by atoms with Gasteiger partial charge >= 0.3 is 18.0 Å².